The van der Waals surface area contributed by atoms with Crippen LogP contribution in [0.25, 0.3) is 0 Å². The quantitative estimate of drug-likeness (QED) is 0.411. The number of pyridine rings is 1. The molecule has 9 nitrogen and oxygen atoms in total. The second kappa shape index (κ2) is 10.8. The number of carboxylic acid groups (broad SMARTS) is 1. The molecule has 9 heteroatoms. The van der Waals surface area contributed by atoms with Crippen LogP contribution in [0.3, 0.4) is 0 Å². The highest BCUT2D eigenvalue weighted by Gasteiger charge is 2.32. The molecule has 4 N–H and O–H groups in total. The Labute approximate surface area is 205 Å². The molecule has 0 aromatic carbocycles. The van der Waals surface area contributed by atoms with Crippen LogP contribution in [0.4, 0.5) is 5.82 Å². The predicted octanol–water partition coefficient (Wildman–Crippen LogP) is 2.66. The summed E-state index contributed by atoms with van der Waals surface area (Å²) in [6.45, 7) is 1.34. The number of H-pyrrole nitrogens is 1. The average molecular weight is 482 g/mol. The van der Waals surface area contributed by atoms with E-state index in [4.69, 9.17) is 9.72 Å². The maximum Gasteiger partial charge on any atom is 0.326 e. The second-order valence-electron chi connectivity index (χ2n) is 10.2. The molecule has 2 aromatic heterocycles. The van der Waals surface area contributed by atoms with Crippen molar-refractivity contribution in [2.45, 2.75) is 76.4 Å². The van der Waals surface area contributed by atoms with Gasteiger partial charge in [0.15, 0.2) is 0 Å². The summed E-state index contributed by atoms with van der Waals surface area (Å²) in [7, 11) is 0. The zero-order valence-corrected chi connectivity index (χ0v) is 20.1. The van der Waals surface area contributed by atoms with E-state index in [0.29, 0.717) is 25.4 Å². The minimum atomic E-state index is -1.02. The molecule has 2 atom stereocenters. The Bertz CT molecular complexity index is 1050. The van der Waals surface area contributed by atoms with Gasteiger partial charge in [-0.05, 0) is 74.5 Å². The molecule has 5 rings (SSSR count). The standard InChI is InChI=1S/C26H35N5O4/c32-25(18-4-5-19-15-28-31-23(19)14-18)30-22(26(33)34)9-11-35-21-12-16(13-21)3-7-20-8-6-17-2-1-10-27-24(17)29-20/h6,8,15-16,18,21-22H,1-5,7,9-14H2,(H,27,29)(H,28,31)(H,30,32)(H,33,34)/t16-,18?,21-,22?. The lowest BCUT2D eigenvalue weighted by Crippen LogP contribution is -2.45. The molecule has 35 heavy (non-hydrogen) atoms. The van der Waals surface area contributed by atoms with Crippen LogP contribution in [-0.4, -0.2) is 57.5 Å². The molecule has 2 aromatic rings. The number of hydrogen-bond acceptors (Lipinski definition) is 6. The molecule has 1 amide bonds. The van der Waals surface area contributed by atoms with E-state index >= 15 is 0 Å². The molecular weight excluding hydrogens is 446 g/mol. The Balaban J connectivity index is 0.993. The molecular formula is C26H35N5O4. The van der Waals surface area contributed by atoms with Gasteiger partial charge in [0, 0.05) is 43.3 Å². The van der Waals surface area contributed by atoms with Gasteiger partial charge < -0.3 is 20.5 Å². The van der Waals surface area contributed by atoms with E-state index in [2.05, 4.69) is 33.0 Å². The van der Waals surface area contributed by atoms with Crippen LogP contribution < -0.4 is 10.6 Å². The normalized spacial score (nSPS) is 23.8. The van der Waals surface area contributed by atoms with Crippen molar-refractivity contribution in [1.29, 1.82) is 0 Å². The molecule has 3 aliphatic rings. The Hall–Kier alpha value is -2.94. The highest BCUT2D eigenvalue weighted by molar-refractivity contribution is 5.85. The molecule has 0 saturated heterocycles. The van der Waals surface area contributed by atoms with E-state index in [1.54, 1.807) is 6.20 Å². The summed E-state index contributed by atoms with van der Waals surface area (Å²) in [4.78, 5) is 29.1. The molecule has 0 spiro atoms. The molecule has 2 unspecified atom stereocenters. The van der Waals surface area contributed by atoms with E-state index in [0.717, 1.165) is 67.8 Å². The first-order valence-electron chi connectivity index (χ1n) is 12.9. The van der Waals surface area contributed by atoms with Gasteiger partial charge in [-0.3, -0.25) is 9.89 Å². The lowest BCUT2D eigenvalue weighted by atomic mass is 9.79. The molecule has 3 heterocycles. The van der Waals surface area contributed by atoms with Crippen LogP contribution >= 0.6 is 0 Å². The smallest absolute Gasteiger partial charge is 0.326 e. The van der Waals surface area contributed by atoms with E-state index < -0.39 is 12.0 Å². The van der Waals surface area contributed by atoms with Gasteiger partial charge in [0.05, 0.1) is 12.3 Å². The van der Waals surface area contributed by atoms with E-state index in [1.165, 1.54) is 12.0 Å². The highest BCUT2D eigenvalue weighted by atomic mass is 16.5. The summed E-state index contributed by atoms with van der Waals surface area (Å²) in [6, 6.07) is 3.43. The fourth-order valence-corrected chi connectivity index (χ4v) is 5.44. The minimum absolute atomic E-state index is 0.181. The van der Waals surface area contributed by atoms with Crippen molar-refractivity contribution >= 4 is 17.7 Å². The summed E-state index contributed by atoms with van der Waals surface area (Å²) in [5.74, 6) is 0.238. The molecule has 0 bridgehead atoms. The lowest BCUT2D eigenvalue weighted by molar-refractivity contribution is -0.143. The number of nitrogens with one attached hydrogen (secondary N) is 3. The highest BCUT2D eigenvalue weighted by Crippen LogP contribution is 2.34. The van der Waals surface area contributed by atoms with Gasteiger partial charge in [-0.2, -0.15) is 5.10 Å². The van der Waals surface area contributed by atoms with Crippen LogP contribution in [0.5, 0.6) is 0 Å². The third-order valence-corrected chi connectivity index (χ3v) is 7.72. The number of aromatic amines is 1. The number of rotatable bonds is 10. The number of nitrogens with zero attached hydrogens (tertiary/aromatic N) is 2. The Kier molecular flexibility index (Phi) is 7.32. The molecule has 188 valence electrons. The Morgan fingerprint density at radius 1 is 1.23 bits per heavy atom. The Morgan fingerprint density at radius 3 is 2.97 bits per heavy atom. The van der Waals surface area contributed by atoms with Crippen molar-refractivity contribution < 1.29 is 19.4 Å². The number of carboxylic acids is 1. The fraction of sp³-hybridized carbons (Fsp3) is 0.615. The molecule has 0 radical (unpaired) electrons. The fourth-order valence-electron chi connectivity index (χ4n) is 5.44. The van der Waals surface area contributed by atoms with Crippen molar-refractivity contribution in [2.24, 2.45) is 11.8 Å². The van der Waals surface area contributed by atoms with Crippen molar-refractivity contribution in [1.82, 2.24) is 20.5 Å². The number of anilines is 1. The zero-order valence-electron chi connectivity index (χ0n) is 20.1. The van der Waals surface area contributed by atoms with Crippen LogP contribution in [0.15, 0.2) is 18.3 Å². The van der Waals surface area contributed by atoms with Gasteiger partial charge in [-0.15, -0.1) is 0 Å². The number of carbonyl (C=O) groups excluding carboxylic acids is 1. The number of ether oxygens (including phenoxy) is 1. The minimum Gasteiger partial charge on any atom is -0.480 e. The number of hydrogen-bond donors (Lipinski definition) is 4. The Morgan fingerprint density at radius 2 is 2.11 bits per heavy atom. The van der Waals surface area contributed by atoms with Crippen molar-refractivity contribution in [3.8, 4) is 0 Å². The van der Waals surface area contributed by atoms with Gasteiger partial charge in [0.2, 0.25) is 5.91 Å². The first-order valence-corrected chi connectivity index (χ1v) is 12.9. The maximum absolute atomic E-state index is 12.7. The maximum atomic E-state index is 12.7. The van der Waals surface area contributed by atoms with E-state index in [1.807, 2.05) is 0 Å². The van der Waals surface area contributed by atoms with Crippen LogP contribution in [0, 0.1) is 11.8 Å². The van der Waals surface area contributed by atoms with Gasteiger partial charge in [0.25, 0.3) is 0 Å². The van der Waals surface area contributed by atoms with E-state index in [-0.39, 0.29) is 24.3 Å². The van der Waals surface area contributed by atoms with E-state index in [9.17, 15) is 14.7 Å². The second-order valence-corrected chi connectivity index (χ2v) is 10.2. The molecule has 1 saturated carbocycles. The first kappa shape index (κ1) is 23.8. The largest absolute Gasteiger partial charge is 0.480 e. The van der Waals surface area contributed by atoms with Crippen molar-refractivity contribution in [2.75, 3.05) is 18.5 Å². The summed E-state index contributed by atoms with van der Waals surface area (Å²) in [6.07, 6.45) is 10.7. The first-order chi connectivity index (χ1) is 17.0. The summed E-state index contributed by atoms with van der Waals surface area (Å²) >= 11 is 0. The number of fused-ring (bicyclic) bond motifs is 2. The molecule has 2 aliphatic carbocycles. The van der Waals surface area contributed by atoms with Crippen LogP contribution in [-0.2, 0) is 40.0 Å². The number of aliphatic carboxylic acids is 1. The third-order valence-electron chi connectivity index (χ3n) is 7.72. The van der Waals surface area contributed by atoms with Gasteiger partial charge in [-0.25, -0.2) is 9.78 Å². The summed E-state index contributed by atoms with van der Waals surface area (Å²) < 4.78 is 5.92. The summed E-state index contributed by atoms with van der Waals surface area (Å²) in [5, 5.41) is 22.7. The lowest BCUT2D eigenvalue weighted by Gasteiger charge is -2.35. The average Bonchev–Trinajstić information content (AvgIpc) is 3.31. The summed E-state index contributed by atoms with van der Waals surface area (Å²) in [5.41, 5.74) is 4.58. The topological polar surface area (TPSA) is 129 Å². The monoisotopic (exact) mass is 481 g/mol. The van der Waals surface area contributed by atoms with Gasteiger partial charge >= 0.3 is 5.97 Å². The van der Waals surface area contributed by atoms with Crippen molar-refractivity contribution in [3.63, 3.8) is 0 Å². The number of aromatic nitrogens is 3. The molecule has 1 aliphatic heterocycles. The zero-order chi connectivity index (χ0) is 24.2. The number of aryl methyl sites for hydroxylation is 3. The third kappa shape index (κ3) is 5.83. The number of amides is 1. The number of carbonyl (C=O) groups is 2. The van der Waals surface area contributed by atoms with Crippen LogP contribution in [0.2, 0.25) is 0 Å². The van der Waals surface area contributed by atoms with Gasteiger partial charge in [0.1, 0.15) is 11.9 Å². The molecule has 1 fully saturated rings. The van der Waals surface area contributed by atoms with Crippen molar-refractivity contribution in [3.05, 3.63) is 40.8 Å². The van der Waals surface area contributed by atoms with Crippen LogP contribution in [0.1, 0.15) is 61.0 Å². The van der Waals surface area contributed by atoms with Gasteiger partial charge in [-0.1, -0.05) is 6.07 Å². The predicted molar refractivity (Wildman–Crippen MR) is 130 cm³/mol. The SMILES string of the molecule is O=C(NC(CCO[C@H]1C[C@H](CCc2ccc3c(n2)NCCC3)C1)C(=O)O)C1CCc2cn[nH]c2C1.